The second-order valence-electron chi connectivity index (χ2n) is 5.50. The number of nitriles is 1. The Hall–Kier alpha value is -2.60. The fourth-order valence-corrected chi connectivity index (χ4v) is 3.04. The summed E-state index contributed by atoms with van der Waals surface area (Å²) in [6.45, 7) is 2.13. The molecule has 2 N–H and O–H groups in total. The molecule has 1 atom stereocenters. The molecule has 0 bridgehead atoms. The second-order valence-corrected chi connectivity index (χ2v) is 6.81. The van der Waals surface area contributed by atoms with Gasteiger partial charge < -0.3 is 10.7 Å². The lowest BCUT2D eigenvalue weighted by molar-refractivity contribution is -0.128. The number of hydrogen-bond acceptors (Lipinski definition) is 6. The molecule has 0 unspecified atom stereocenters. The van der Waals surface area contributed by atoms with Crippen LogP contribution >= 0.6 is 11.8 Å². The highest BCUT2D eigenvalue weighted by Crippen LogP contribution is 2.22. The Bertz CT molecular complexity index is 770. The summed E-state index contributed by atoms with van der Waals surface area (Å²) in [6.07, 6.45) is 0.698. The van der Waals surface area contributed by atoms with E-state index in [1.807, 2.05) is 6.07 Å². The SMILES string of the molecule is C[C@@H](Sc1nnc(Cc2ccc(F)cc2)n1N)C(=O)N(C)CCC#N. The summed E-state index contributed by atoms with van der Waals surface area (Å²) >= 11 is 1.20. The van der Waals surface area contributed by atoms with Crippen molar-refractivity contribution in [3.05, 3.63) is 41.5 Å². The molecule has 0 saturated carbocycles. The van der Waals surface area contributed by atoms with E-state index in [1.54, 1.807) is 26.1 Å². The highest BCUT2D eigenvalue weighted by Gasteiger charge is 2.22. The van der Waals surface area contributed by atoms with Crippen LogP contribution in [0.4, 0.5) is 4.39 Å². The number of hydrogen-bond donors (Lipinski definition) is 1. The molecule has 0 fully saturated rings. The molecule has 25 heavy (non-hydrogen) atoms. The maximum Gasteiger partial charge on any atom is 0.235 e. The summed E-state index contributed by atoms with van der Waals surface area (Å²) in [7, 11) is 1.66. The van der Waals surface area contributed by atoms with Gasteiger partial charge in [0.25, 0.3) is 0 Å². The van der Waals surface area contributed by atoms with Crippen LogP contribution in [0, 0.1) is 17.1 Å². The first-order valence-corrected chi connectivity index (χ1v) is 8.52. The first-order chi connectivity index (χ1) is 11.9. The molecule has 2 rings (SSSR count). The van der Waals surface area contributed by atoms with Crippen LogP contribution in [0.25, 0.3) is 0 Å². The predicted octanol–water partition coefficient (Wildman–Crippen LogP) is 1.57. The number of carbonyl (C=O) groups is 1. The zero-order valence-electron chi connectivity index (χ0n) is 14.0. The fourth-order valence-electron chi connectivity index (χ4n) is 2.14. The zero-order chi connectivity index (χ0) is 18.4. The van der Waals surface area contributed by atoms with Crippen LogP contribution in [0.1, 0.15) is 24.7 Å². The third kappa shape index (κ3) is 4.93. The van der Waals surface area contributed by atoms with Gasteiger partial charge >= 0.3 is 0 Å². The Morgan fingerprint density at radius 2 is 2.12 bits per heavy atom. The maximum atomic E-state index is 13.0. The topological polar surface area (TPSA) is 101 Å². The lowest BCUT2D eigenvalue weighted by atomic mass is 10.1. The Kier molecular flexibility index (Phi) is 6.36. The molecule has 7 nitrogen and oxygen atoms in total. The summed E-state index contributed by atoms with van der Waals surface area (Å²) in [5, 5.41) is 16.7. The van der Waals surface area contributed by atoms with Crippen molar-refractivity contribution in [2.24, 2.45) is 0 Å². The Morgan fingerprint density at radius 1 is 1.44 bits per heavy atom. The number of halogens is 1. The van der Waals surface area contributed by atoms with Gasteiger partial charge in [-0.15, -0.1) is 10.2 Å². The van der Waals surface area contributed by atoms with Gasteiger partial charge in [0.1, 0.15) is 5.82 Å². The number of nitrogens with two attached hydrogens (primary N) is 1. The van der Waals surface area contributed by atoms with Gasteiger partial charge in [0.05, 0.1) is 17.7 Å². The standard InChI is InChI=1S/C16H19FN6OS/c1-11(15(24)22(2)9-3-8-18)25-16-21-20-14(23(16)19)10-12-4-6-13(17)7-5-12/h4-7,11H,3,9-10,19H2,1-2H3/t11-/m1/s1. The number of benzene rings is 1. The summed E-state index contributed by atoms with van der Waals surface area (Å²) in [4.78, 5) is 13.8. The van der Waals surface area contributed by atoms with Crippen molar-refractivity contribution >= 4 is 17.7 Å². The van der Waals surface area contributed by atoms with E-state index in [4.69, 9.17) is 11.1 Å². The quantitative estimate of drug-likeness (QED) is 0.593. The molecule has 1 aromatic carbocycles. The van der Waals surface area contributed by atoms with Crippen LogP contribution in [0.3, 0.4) is 0 Å². The van der Waals surface area contributed by atoms with E-state index >= 15 is 0 Å². The summed E-state index contributed by atoms with van der Waals surface area (Å²) in [5.74, 6) is 6.12. The molecular weight excluding hydrogens is 343 g/mol. The van der Waals surface area contributed by atoms with E-state index in [1.165, 1.54) is 33.5 Å². The van der Waals surface area contributed by atoms with Crippen LogP contribution in [0.2, 0.25) is 0 Å². The van der Waals surface area contributed by atoms with E-state index in [0.29, 0.717) is 23.9 Å². The van der Waals surface area contributed by atoms with E-state index < -0.39 is 5.25 Å². The predicted molar refractivity (Wildman–Crippen MR) is 92.6 cm³/mol. The molecule has 132 valence electrons. The largest absolute Gasteiger partial charge is 0.344 e. The molecule has 2 aromatic rings. The third-order valence-electron chi connectivity index (χ3n) is 3.58. The molecule has 0 radical (unpaired) electrons. The van der Waals surface area contributed by atoms with Gasteiger partial charge in [0.2, 0.25) is 11.1 Å². The molecule has 9 heteroatoms. The molecule has 0 aliphatic heterocycles. The third-order valence-corrected chi connectivity index (χ3v) is 4.62. The Labute approximate surface area is 149 Å². The van der Waals surface area contributed by atoms with Crippen molar-refractivity contribution in [2.45, 2.75) is 30.2 Å². The van der Waals surface area contributed by atoms with E-state index in [9.17, 15) is 9.18 Å². The fraction of sp³-hybridized carbons (Fsp3) is 0.375. The van der Waals surface area contributed by atoms with Crippen LogP contribution < -0.4 is 5.84 Å². The summed E-state index contributed by atoms with van der Waals surface area (Å²) in [6, 6.07) is 8.08. The number of carbonyl (C=O) groups excluding carboxylic acids is 1. The minimum absolute atomic E-state index is 0.108. The lowest BCUT2D eigenvalue weighted by Gasteiger charge is -2.19. The number of amides is 1. The average Bonchev–Trinajstić information content (AvgIpc) is 2.94. The molecule has 1 amide bonds. The van der Waals surface area contributed by atoms with Crippen molar-refractivity contribution in [1.29, 1.82) is 5.26 Å². The van der Waals surface area contributed by atoms with Gasteiger partial charge in [-0.2, -0.15) is 5.26 Å². The smallest absolute Gasteiger partial charge is 0.235 e. The van der Waals surface area contributed by atoms with Crippen molar-refractivity contribution in [3.63, 3.8) is 0 Å². The molecule has 0 aliphatic rings. The number of rotatable bonds is 7. The summed E-state index contributed by atoms with van der Waals surface area (Å²) < 4.78 is 14.3. The van der Waals surface area contributed by atoms with Crippen molar-refractivity contribution < 1.29 is 9.18 Å². The van der Waals surface area contributed by atoms with Crippen LogP contribution in [-0.2, 0) is 11.2 Å². The normalized spacial score (nSPS) is 11.8. The highest BCUT2D eigenvalue weighted by atomic mass is 32.2. The minimum Gasteiger partial charge on any atom is -0.344 e. The van der Waals surface area contributed by atoms with Gasteiger partial charge in [-0.1, -0.05) is 23.9 Å². The van der Waals surface area contributed by atoms with Gasteiger partial charge in [-0.3, -0.25) is 4.79 Å². The van der Waals surface area contributed by atoms with Gasteiger partial charge in [-0.25, -0.2) is 9.07 Å². The van der Waals surface area contributed by atoms with Crippen molar-refractivity contribution in [3.8, 4) is 6.07 Å². The number of aromatic nitrogens is 3. The molecular formula is C16H19FN6OS. The number of nitrogen functional groups attached to an aromatic ring is 1. The molecule has 1 aromatic heterocycles. The van der Waals surface area contributed by atoms with Gasteiger partial charge in [0, 0.05) is 20.0 Å². The summed E-state index contributed by atoms with van der Waals surface area (Å²) in [5.41, 5.74) is 0.859. The minimum atomic E-state index is -0.408. The van der Waals surface area contributed by atoms with Crippen molar-refractivity contribution in [2.75, 3.05) is 19.4 Å². The second kappa shape index (κ2) is 8.48. The highest BCUT2D eigenvalue weighted by molar-refractivity contribution is 8.00. The van der Waals surface area contributed by atoms with Crippen LogP contribution in [0.5, 0.6) is 0 Å². The van der Waals surface area contributed by atoms with Crippen molar-refractivity contribution in [1.82, 2.24) is 19.8 Å². The zero-order valence-corrected chi connectivity index (χ0v) is 14.8. The van der Waals surface area contributed by atoms with E-state index in [0.717, 1.165) is 5.56 Å². The number of thioether (sulfide) groups is 1. The average molecular weight is 362 g/mol. The maximum absolute atomic E-state index is 13.0. The monoisotopic (exact) mass is 362 g/mol. The van der Waals surface area contributed by atoms with E-state index in [-0.39, 0.29) is 18.1 Å². The number of nitrogens with zero attached hydrogens (tertiary/aromatic N) is 5. The first-order valence-electron chi connectivity index (χ1n) is 7.64. The Balaban J connectivity index is 2.01. The molecule has 0 aliphatic carbocycles. The molecule has 1 heterocycles. The van der Waals surface area contributed by atoms with Crippen LogP contribution in [0.15, 0.2) is 29.4 Å². The molecule has 0 saturated heterocycles. The first kappa shape index (κ1) is 18.7. The van der Waals surface area contributed by atoms with Crippen LogP contribution in [-0.4, -0.2) is 44.5 Å². The van der Waals surface area contributed by atoms with E-state index in [2.05, 4.69) is 10.2 Å². The van der Waals surface area contributed by atoms with Gasteiger partial charge in [-0.05, 0) is 24.6 Å². The Morgan fingerprint density at radius 3 is 2.76 bits per heavy atom. The molecule has 0 spiro atoms. The van der Waals surface area contributed by atoms with Gasteiger partial charge in [0.15, 0.2) is 5.82 Å². The lowest BCUT2D eigenvalue weighted by Crippen LogP contribution is -2.34.